The van der Waals surface area contributed by atoms with Crippen LogP contribution in [-0.4, -0.2) is 17.9 Å². The Balaban J connectivity index is 2.33. The number of carbonyl (C=O) groups excluding carboxylic acids is 1. The summed E-state index contributed by atoms with van der Waals surface area (Å²) >= 11 is 2.19. The lowest BCUT2D eigenvalue weighted by Gasteiger charge is -2.21. The molecule has 0 bridgehead atoms. The van der Waals surface area contributed by atoms with Crippen molar-refractivity contribution in [3.8, 4) is 0 Å². The van der Waals surface area contributed by atoms with Crippen LogP contribution in [0.1, 0.15) is 22.8 Å². The maximum Gasteiger partial charge on any atom is 0.259 e. The second-order valence-corrected chi connectivity index (χ2v) is 5.55. The lowest BCUT2D eigenvalue weighted by Crippen LogP contribution is -2.26. The Labute approximate surface area is 133 Å². The summed E-state index contributed by atoms with van der Waals surface area (Å²) in [6, 6.07) is 17.6. The van der Waals surface area contributed by atoms with Gasteiger partial charge in [-0.25, -0.2) is 0 Å². The van der Waals surface area contributed by atoms with Gasteiger partial charge < -0.3 is 4.90 Å². The Kier molecular flexibility index (Phi) is 4.95. The van der Waals surface area contributed by atoms with Crippen LogP contribution in [0.25, 0.3) is 5.70 Å². The summed E-state index contributed by atoms with van der Waals surface area (Å²) in [6.45, 7) is 1.95. The lowest BCUT2D eigenvalue weighted by molar-refractivity contribution is 0.0860. The quantitative estimate of drug-likeness (QED) is 0.725. The van der Waals surface area contributed by atoms with Crippen LogP contribution in [0.5, 0.6) is 0 Å². The van der Waals surface area contributed by atoms with E-state index < -0.39 is 0 Å². The van der Waals surface area contributed by atoms with Crippen molar-refractivity contribution in [2.45, 2.75) is 6.92 Å². The SMILES string of the molecule is C/C=C(\c1ccccc1)N(C)C(=O)c1ccccc1I. The average Bonchev–Trinajstić information content (AvgIpc) is 2.49. The Morgan fingerprint density at radius 1 is 1.05 bits per heavy atom. The van der Waals surface area contributed by atoms with Crippen molar-refractivity contribution < 1.29 is 4.79 Å². The highest BCUT2D eigenvalue weighted by Crippen LogP contribution is 2.21. The molecule has 102 valence electrons. The summed E-state index contributed by atoms with van der Waals surface area (Å²) in [5, 5.41) is 0. The van der Waals surface area contributed by atoms with Gasteiger partial charge >= 0.3 is 0 Å². The van der Waals surface area contributed by atoms with Gasteiger partial charge in [0.05, 0.1) is 5.56 Å². The van der Waals surface area contributed by atoms with Crippen molar-refractivity contribution in [2.75, 3.05) is 7.05 Å². The van der Waals surface area contributed by atoms with Crippen molar-refractivity contribution >= 4 is 34.2 Å². The molecule has 0 N–H and O–H groups in total. The summed E-state index contributed by atoms with van der Waals surface area (Å²) in [5.74, 6) is 0.00644. The maximum atomic E-state index is 12.6. The molecule has 2 nitrogen and oxygen atoms in total. The van der Waals surface area contributed by atoms with E-state index in [4.69, 9.17) is 0 Å². The maximum absolute atomic E-state index is 12.6. The van der Waals surface area contributed by atoms with E-state index in [9.17, 15) is 4.79 Å². The van der Waals surface area contributed by atoms with Gasteiger partial charge in [0.25, 0.3) is 5.91 Å². The largest absolute Gasteiger partial charge is 0.311 e. The predicted octanol–water partition coefficient (Wildman–Crippen LogP) is 4.42. The van der Waals surface area contributed by atoms with Crippen molar-refractivity contribution in [1.82, 2.24) is 4.90 Å². The Morgan fingerprint density at radius 2 is 1.65 bits per heavy atom. The summed E-state index contributed by atoms with van der Waals surface area (Å²) in [7, 11) is 1.81. The Bertz CT molecular complexity index is 634. The molecule has 0 unspecified atom stereocenters. The van der Waals surface area contributed by atoms with E-state index in [1.807, 2.05) is 74.6 Å². The third-order valence-corrected chi connectivity index (χ3v) is 4.05. The molecule has 20 heavy (non-hydrogen) atoms. The lowest BCUT2D eigenvalue weighted by atomic mass is 10.1. The molecule has 0 saturated heterocycles. The standard InChI is InChI=1S/C17H16INO/c1-3-16(13-9-5-4-6-10-13)19(2)17(20)14-11-7-8-12-15(14)18/h3-12H,1-2H3/b16-3+. The van der Waals surface area contributed by atoms with Crippen LogP contribution in [0, 0.1) is 3.57 Å². The van der Waals surface area contributed by atoms with Crippen LogP contribution in [0.3, 0.4) is 0 Å². The summed E-state index contributed by atoms with van der Waals surface area (Å²) in [6.07, 6.45) is 1.96. The van der Waals surface area contributed by atoms with Gasteiger partial charge in [-0.2, -0.15) is 0 Å². The molecular weight excluding hydrogens is 361 g/mol. The zero-order valence-electron chi connectivity index (χ0n) is 11.5. The predicted molar refractivity (Wildman–Crippen MR) is 91.3 cm³/mol. The summed E-state index contributed by atoms with van der Waals surface area (Å²) in [5.41, 5.74) is 2.68. The van der Waals surface area contributed by atoms with Gasteiger partial charge in [-0.1, -0.05) is 48.5 Å². The van der Waals surface area contributed by atoms with Gasteiger partial charge in [-0.3, -0.25) is 4.79 Å². The number of hydrogen-bond acceptors (Lipinski definition) is 1. The van der Waals surface area contributed by atoms with E-state index in [0.717, 1.165) is 20.4 Å². The van der Waals surface area contributed by atoms with Crippen LogP contribution in [0.2, 0.25) is 0 Å². The zero-order chi connectivity index (χ0) is 14.5. The van der Waals surface area contributed by atoms with Gasteiger partial charge in [-0.15, -0.1) is 0 Å². The second-order valence-electron chi connectivity index (χ2n) is 4.38. The van der Waals surface area contributed by atoms with Crippen LogP contribution in [-0.2, 0) is 0 Å². The molecule has 0 heterocycles. The fraction of sp³-hybridized carbons (Fsp3) is 0.118. The first-order chi connectivity index (χ1) is 9.65. The molecule has 2 aromatic carbocycles. The third kappa shape index (κ3) is 3.10. The van der Waals surface area contributed by atoms with Crippen molar-refractivity contribution in [2.24, 2.45) is 0 Å². The van der Waals surface area contributed by atoms with Gasteiger partial charge in [0.2, 0.25) is 0 Å². The minimum atomic E-state index is 0.00644. The van der Waals surface area contributed by atoms with E-state index in [1.165, 1.54) is 0 Å². The number of benzene rings is 2. The number of amides is 1. The van der Waals surface area contributed by atoms with Crippen LogP contribution in [0.15, 0.2) is 60.7 Å². The molecular formula is C17H16INO. The number of allylic oxidation sites excluding steroid dienone is 1. The molecule has 2 aromatic rings. The Morgan fingerprint density at radius 3 is 2.25 bits per heavy atom. The molecule has 0 spiro atoms. The first kappa shape index (κ1) is 14.8. The van der Waals surface area contributed by atoms with Crippen LogP contribution < -0.4 is 0 Å². The molecule has 0 saturated carbocycles. The topological polar surface area (TPSA) is 20.3 Å². The first-order valence-corrected chi connectivity index (χ1v) is 7.47. The van der Waals surface area contributed by atoms with Crippen LogP contribution >= 0.6 is 22.6 Å². The number of hydrogen-bond donors (Lipinski definition) is 0. The molecule has 0 fully saturated rings. The van der Waals surface area contributed by atoms with Gasteiger partial charge in [0.15, 0.2) is 0 Å². The molecule has 0 atom stereocenters. The smallest absolute Gasteiger partial charge is 0.259 e. The molecule has 2 rings (SSSR count). The Hall–Kier alpha value is -1.62. The molecule has 0 radical (unpaired) electrons. The van der Waals surface area contributed by atoms with E-state index >= 15 is 0 Å². The fourth-order valence-electron chi connectivity index (χ4n) is 2.09. The zero-order valence-corrected chi connectivity index (χ0v) is 13.7. The normalized spacial score (nSPS) is 11.2. The van der Waals surface area contributed by atoms with Gasteiger partial charge in [0, 0.05) is 16.3 Å². The number of rotatable bonds is 3. The van der Waals surface area contributed by atoms with Gasteiger partial charge in [0.1, 0.15) is 0 Å². The van der Waals surface area contributed by atoms with E-state index in [0.29, 0.717) is 0 Å². The monoisotopic (exact) mass is 377 g/mol. The molecule has 0 aromatic heterocycles. The number of carbonyl (C=O) groups is 1. The highest BCUT2D eigenvalue weighted by molar-refractivity contribution is 14.1. The van der Waals surface area contributed by atoms with E-state index in [-0.39, 0.29) is 5.91 Å². The molecule has 1 amide bonds. The van der Waals surface area contributed by atoms with Crippen LogP contribution in [0.4, 0.5) is 0 Å². The third-order valence-electron chi connectivity index (χ3n) is 3.11. The number of halogens is 1. The molecule has 0 aliphatic heterocycles. The minimum Gasteiger partial charge on any atom is -0.311 e. The van der Waals surface area contributed by atoms with Crippen molar-refractivity contribution in [3.63, 3.8) is 0 Å². The fourth-order valence-corrected chi connectivity index (χ4v) is 2.71. The highest BCUT2D eigenvalue weighted by Gasteiger charge is 2.18. The van der Waals surface area contributed by atoms with Crippen molar-refractivity contribution in [3.05, 3.63) is 75.4 Å². The molecule has 0 aliphatic carbocycles. The van der Waals surface area contributed by atoms with Gasteiger partial charge in [-0.05, 0) is 47.2 Å². The average molecular weight is 377 g/mol. The van der Waals surface area contributed by atoms with Crippen molar-refractivity contribution in [1.29, 1.82) is 0 Å². The minimum absolute atomic E-state index is 0.00644. The first-order valence-electron chi connectivity index (χ1n) is 6.39. The summed E-state index contributed by atoms with van der Waals surface area (Å²) in [4.78, 5) is 14.3. The molecule has 0 aliphatic rings. The second kappa shape index (κ2) is 6.70. The number of nitrogens with zero attached hydrogens (tertiary/aromatic N) is 1. The van der Waals surface area contributed by atoms with E-state index in [2.05, 4.69) is 22.6 Å². The summed E-state index contributed by atoms with van der Waals surface area (Å²) < 4.78 is 0.963. The highest BCUT2D eigenvalue weighted by atomic mass is 127. The van der Waals surface area contributed by atoms with E-state index in [1.54, 1.807) is 4.90 Å². The molecule has 3 heteroatoms.